The first-order valence-corrected chi connectivity index (χ1v) is 9.80. The summed E-state index contributed by atoms with van der Waals surface area (Å²) in [5.74, 6) is -0.891. The third kappa shape index (κ3) is 4.84. The third-order valence-corrected chi connectivity index (χ3v) is 5.30. The number of nitriles is 1. The fourth-order valence-corrected chi connectivity index (χ4v) is 3.70. The van der Waals surface area contributed by atoms with Crippen LogP contribution in [-0.2, 0) is 0 Å². The number of rotatable bonds is 6. The molecule has 1 atom stereocenters. The summed E-state index contributed by atoms with van der Waals surface area (Å²) in [7, 11) is 1.49. The monoisotopic (exact) mass is 395 g/mol. The molecule has 0 radical (unpaired) electrons. The number of nitrogens with zero attached hydrogens (tertiary/aromatic N) is 1. The molecule has 29 heavy (non-hydrogen) atoms. The highest BCUT2D eigenvalue weighted by atomic mass is 16.4. The van der Waals surface area contributed by atoms with E-state index in [2.05, 4.69) is 16.7 Å². The zero-order chi connectivity index (χ0) is 20.8. The number of benzene rings is 1. The highest BCUT2D eigenvalue weighted by Gasteiger charge is 2.30. The Morgan fingerprint density at radius 2 is 1.90 bits per heavy atom. The lowest BCUT2D eigenvalue weighted by Crippen LogP contribution is -2.38. The summed E-state index contributed by atoms with van der Waals surface area (Å²) >= 11 is 0. The van der Waals surface area contributed by atoms with E-state index >= 15 is 0 Å². The van der Waals surface area contributed by atoms with Gasteiger partial charge in [0.1, 0.15) is 5.76 Å². The van der Waals surface area contributed by atoms with Crippen molar-refractivity contribution in [3.63, 3.8) is 0 Å². The molecular formula is C22H25N3O4. The molecule has 1 heterocycles. The Kier molecular flexibility index (Phi) is 6.68. The maximum absolute atomic E-state index is 13.0. The van der Waals surface area contributed by atoms with E-state index in [1.165, 1.54) is 13.1 Å². The average molecular weight is 395 g/mol. The minimum Gasteiger partial charge on any atom is -0.454 e. The molecular weight excluding hydrogens is 370 g/mol. The Labute approximate surface area is 169 Å². The quantitative estimate of drug-likeness (QED) is 0.696. The van der Waals surface area contributed by atoms with Gasteiger partial charge in [-0.15, -0.1) is 0 Å². The van der Waals surface area contributed by atoms with Gasteiger partial charge in [-0.25, -0.2) is 0 Å². The van der Waals surface area contributed by atoms with Crippen molar-refractivity contribution >= 4 is 11.8 Å². The van der Waals surface area contributed by atoms with Crippen molar-refractivity contribution in [1.29, 1.82) is 5.26 Å². The van der Waals surface area contributed by atoms with Gasteiger partial charge in [0.15, 0.2) is 5.76 Å². The van der Waals surface area contributed by atoms with Gasteiger partial charge in [-0.05, 0) is 31.2 Å². The van der Waals surface area contributed by atoms with Crippen molar-refractivity contribution in [3.05, 3.63) is 59.0 Å². The number of hydrogen-bond donors (Lipinski definition) is 3. The van der Waals surface area contributed by atoms with Crippen LogP contribution in [0.2, 0.25) is 0 Å². The molecule has 0 unspecified atom stereocenters. The van der Waals surface area contributed by atoms with Crippen LogP contribution in [-0.4, -0.2) is 36.1 Å². The average Bonchev–Trinajstić information content (AvgIpc) is 3.19. The van der Waals surface area contributed by atoms with Crippen LogP contribution >= 0.6 is 0 Å². The summed E-state index contributed by atoms with van der Waals surface area (Å²) in [6.45, 7) is 0. The van der Waals surface area contributed by atoms with Crippen molar-refractivity contribution in [2.45, 2.75) is 50.2 Å². The molecule has 0 saturated heterocycles. The van der Waals surface area contributed by atoms with E-state index in [4.69, 9.17) is 4.42 Å². The van der Waals surface area contributed by atoms with Crippen LogP contribution in [0.1, 0.15) is 70.3 Å². The standard InChI is InChI=1S/C22H25N3O4/c1-24-22(28)19-13-18(21(27)25-15-7-9-16(26)10-8-15)20(29-19)17(11-12-23)14-5-3-2-4-6-14/h2-6,13,15-17,26H,7-11H2,1H3,(H,24,28)(H,25,27)/t15-,16-,17-/m0/s1. The summed E-state index contributed by atoms with van der Waals surface area (Å²) < 4.78 is 5.80. The van der Waals surface area contributed by atoms with Crippen LogP contribution in [0.25, 0.3) is 0 Å². The Bertz CT molecular complexity index is 893. The van der Waals surface area contributed by atoms with Crippen molar-refractivity contribution in [2.24, 2.45) is 0 Å². The summed E-state index contributed by atoms with van der Waals surface area (Å²) in [6.07, 6.45) is 2.48. The van der Waals surface area contributed by atoms with Gasteiger partial charge >= 0.3 is 0 Å². The van der Waals surface area contributed by atoms with Gasteiger partial charge in [0, 0.05) is 25.6 Å². The molecule has 1 aromatic carbocycles. The van der Waals surface area contributed by atoms with E-state index < -0.39 is 11.8 Å². The first-order chi connectivity index (χ1) is 14.0. The number of aliphatic hydroxyl groups is 1. The maximum Gasteiger partial charge on any atom is 0.286 e. The fourth-order valence-electron chi connectivity index (χ4n) is 3.70. The molecule has 0 aliphatic heterocycles. The molecule has 0 bridgehead atoms. The minimum absolute atomic E-state index is 0.0330. The molecule has 1 saturated carbocycles. The first-order valence-electron chi connectivity index (χ1n) is 9.80. The Hall–Kier alpha value is -3.11. The van der Waals surface area contributed by atoms with Gasteiger partial charge in [0.25, 0.3) is 11.8 Å². The summed E-state index contributed by atoms with van der Waals surface area (Å²) in [4.78, 5) is 25.1. The van der Waals surface area contributed by atoms with Crippen LogP contribution in [0.4, 0.5) is 0 Å². The van der Waals surface area contributed by atoms with Crippen LogP contribution in [0, 0.1) is 11.3 Å². The summed E-state index contributed by atoms with van der Waals surface area (Å²) in [5.41, 5.74) is 1.10. The van der Waals surface area contributed by atoms with E-state index in [0.717, 1.165) is 5.56 Å². The Morgan fingerprint density at radius 1 is 1.21 bits per heavy atom. The molecule has 2 amide bonds. The SMILES string of the molecule is CNC(=O)c1cc(C(=O)N[C@H]2CC[C@H](O)CC2)c([C@@H](CC#N)c2ccccc2)o1. The number of carbonyl (C=O) groups is 2. The molecule has 0 spiro atoms. The zero-order valence-electron chi connectivity index (χ0n) is 16.4. The van der Waals surface area contributed by atoms with Gasteiger partial charge < -0.3 is 20.2 Å². The van der Waals surface area contributed by atoms with Crippen molar-refractivity contribution in [2.75, 3.05) is 7.05 Å². The Morgan fingerprint density at radius 3 is 2.52 bits per heavy atom. The molecule has 1 aromatic heterocycles. The van der Waals surface area contributed by atoms with E-state index in [0.29, 0.717) is 31.4 Å². The van der Waals surface area contributed by atoms with Gasteiger partial charge in [-0.3, -0.25) is 9.59 Å². The second-order valence-corrected chi connectivity index (χ2v) is 7.27. The van der Waals surface area contributed by atoms with Crippen molar-refractivity contribution in [1.82, 2.24) is 10.6 Å². The van der Waals surface area contributed by atoms with Crippen LogP contribution in [0.15, 0.2) is 40.8 Å². The number of carbonyl (C=O) groups excluding carboxylic acids is 2. The zero-order valence-corrected chi connectivity index (χ0v) is 16.4. The Balaban J connectivity index is 1.94. The lowest BCUT2D eigenvalue weighted by Gasteiger charge is -2.26. The molecule has 1 aliphatic carbocycles. The minimum atomic E-state index is -0.464. The smallest absolute Gasteiger partial charge is 0.286 e. The predicted octanol–water partition coefficient (Wildman–Crippen LogP) is 2.72. The summed E-state index contributed by atoms with van der Waals surface area (Å²) in [5, 5.41) is 24.5. The van der Waals surface area contributed by atoms with Gasteiger partial charge in [-0.2, -0.15) is 5.26 Å². The van der Waals surface area contributed by atoms with Crippen LogP contribution < -0.4 is 10.6 Å². The molecule has 1 aliphatic rings. The second kappa shape index (κ2) is 9.39. The highest BCUT2D eigenvalue weighted by molar-refractivity contribution is 5.99. The summed E-state index contributed by atoms with van der Waals surface area (Å²) in [6, 6.07) is 12.9. The van der Waals surface area contributed by atoms with Crippen LogP contribution in [0.5, 0.6) is 0 Å². The normalized spacial score (nSPS) is 19.8. The number of furan rings is 1. The van der Waals surface area contributed by atoms with Gasteiger partial charge in [0.2, 0.25) is 0 Å². The molecule has 2 aromatic rings. The molecule has 3 N–H and O–H groups in total. The lowest BCUT2D eigenvalue weighted by atomic mass is 9.90. The molecule has 1 fully saturated rings. The largest absolute Gasteiger partial charge is 0.454 e. The fraction of sp³-hybridized carbons (Fsp3) is 0.409. The van der Waals surface area contributed by atoms with Crippen molar-refractivity contribution in [3.8, 4) is 6.07 Å². The lowest BCUT2D eigenvalue weighted by molar-refractivity contribution is 0.0864. The maximum atomic E-state index is 13.0. The van der Waals surface area contributed by atoms with Crippen molar-refractivity contribution < 1.29 is 19.1 Å². The molecule has 7 heteroatoms. The van der Waals surface area contributed by atoms with E-state index in [1.54, 1.807) is 0 Å². The number of aliphatic hydroxyl groups excluding tert-OH is 1. The molecule has 7 nitrogen and oxygen atoms in total. The number of amides is 2. The van der Waals surface area contributed by atoms with Gasteiger partial charge in [0.05, 0.1) is 23.7 Å². The van der Waals surface area contributed by atoms with E-state index in [-0.39, 0.29) is 35.8 Å². The highest BCUT2D eigenvalue weighted by Crippen LogP contribution is 2.33. The third-order valence-electron chi connectivity index (χ3n) is 5.30. The number of nitrogens with one attached hydrogen (secondary N) is 2. The second-order valence-electron chi connectivity index (χ2n) is 7.27. The van der Waals surface area contributed by atoms with Crippen LogP contribution in [0.3, 0.4) is 0 Å². The number of hydrogen-bond acceptors (Lipinski definition) is 5. The van der Waals surface area contributed by atoms with E-state index in [1.807, 2.05) is 30.3 Å². The predicted molar refractivity (Wildman–Crippen MR) is 106 cm³/mol. The topological polar surface area (TPSA) is 115 Å². The first kappa shape index (κ1) is 20.6. The van der Waals surface area contributed by atoms with Gasteiger partial charge in [-0.1, -0.05) is 30.3 Å². The van der Waals surface area contributed by atoms with E-state index in [9.17, 15) is 20.0 Å². The molecule has 152 valence electrons. The molecule has 3 rings (SSSR count).